The number of nitrogens with zero attached hydrogens (tertiary/aromatic N) is 3. The molecule has 35 heavy (non-hydrogen) atoms. The van der Waals surface area contributed by atoms with E-state index in [9.17, 15) is 10.1 Å². The van der Waals surface area contributed by atoms with Crippen LogP contribution in [0, 0.1) is 17.2 Å². The van der Waals surface area contributed by atoms with Gasteiger partial charge in [-0.1, -0.05) is 61.8 Å². The van der Waals surface area contributed by atoms with E-state index in [4.69, 9.17) is 16.4 Å². The Morgan fingerprint density at radius 3 is 2.54 bits per heavy atom. The molecule has 2 aromatic carbocycles. The molecule has 1 aliphatic rings. The van der Waals surface area contributed by atoms with Crippen molar-refractivity contribution in [3.63, 3.8) is 0 Å². The van der Waals surface area contributed by atoms with Gasteiger partial charge in [0.25, 0.3) is 0 Å². The Labute approximate surface area is 211 Å². The Bertz CT molecular complexity index is 1320. The molecule has 0 spiro atoms. The van der Waals surface area contributed by atoms with Crippen LogP contribution in [-0.4, -0.2) is 22.1 Å². The normalized spacial score (nSPS) is 18.0. The third-order valence-corrected chi connectivity index (χ3v) is 7.09. The number of Topliss-reactive ketones (excluding diaryl/α,β-unsaturated/α-hetero) is 1. The van der Waals surface area contributed by atoms with Gasteiger partial charge in [0.15, 0.2) is 5.78 Å². The fourth-order valence-corrected chi connectivity index (χ4v) is 4.27. The second-order valence-corrected chi connectivity index (χ2v) is 10.1. The Morgan fingerprint density at radius 2 is 1.89 bits per heavy atom. The molecule has 0 bridgehead atoms. The minimum atomic E-state index is -0.393. The minimum absolute atomic E-state index is 0.0103. The molecule has 0 radical (unpaired) electrons. The van der Waals surface area contributed by atoms with Crippen molar-refractivity contribution in [2.24, 2.45) is 11.1 Å². The first kappa shape index (κ1) is 24.6. The van der Waals surface area contributed by atoms with Crippen LogP contribution in [0.1, 0.15) is 73.5 Å². The summed E-state index contributed by atoms with van der Waals surface area (Å²) in [7, 11) is 0. The van der Waals surface area contributed by atoms with Gasteiger partial charge in [0.2, 0.25) is 0 Å². The van der Waals surface area contributed by atoms with Crippen molar-refractivity contribution in [3.05, 3.63) is 88.2 Å². The van der Waals surface area contributed by atoms with Gasteiger partial charge < -0.3 is 4.84 Å². The number of halogens is 1. The van der Waals surface area contributed by atoms with E-state index in [1.54, 1.807) is 18.3 Å². The van der Waals surface area contributed by atoms with Gasteiger partial charge in [0.1, 0.15) is 10.8 Å². The van der Waals surface area contributed by atoms with Gasteiger partial charge in [0, 0.05) is 30.2 Å². The minimum Gasteiger partial charge on any atom is -0.389 e. The molecule has 0 amide bonds. The summed E-state index contributed by atoms with van der Waals surface area (Å²) in [6.07, 6.45) is 2.68. The lowest BCUT2D eigenvalue weighted by Crippen LogP contribution is -2.31. The quantitative estimate of drug-likeness (QED) is 0.262. The number of carbonyl (C=O) groups excluding carboxylic acids is 1. The van der Waals surface area contributed by atoms with Crippen molar-refractivity contribution in [2.45, 2.75) is 52.1 Å². The van der Waals surface area contributed by atoms with Gasteiger partial charge in [0.05, 0.1) is 17.3 Å². The zero-order chi connectivity index (χ0) is 25.2. The Balaban J connectivity index is 1.72. The highest BCUT2D eigenvalue weighted by Crippen LogP contribution is 2.35. The fourth-order valence-electron chi connectivity index (χ4n) is 4.16. The molecule has 2 atom stereocenters. The van der Waals surface area contributed by atoms with E-state index >= 15 is 0 Å². The maximum atomic E-state index is 13.5. The number of hydrogen-bond acceptors (Lipinski definition) is 5. The van der Waals surface area contributed by atoms with Crippen LogP contribution >= 0.6 is 11.6 Å². The molecular weight excluding hydrogens is 458 g/mol. The van der Waals surface area contributed by atoms with Crippen molar-refractivity contribution in [1.29, 1.82) is 5.26 Å². The SMILES string of the molecule is CC(CC(=O)c1cc(C2=NOC(C)(C(C)C)C2)cc(-c2ccccc2C#N)c1)c1ccc(Cl)nc1. The molecule has 2 unspecified atom stereocenters. The summed E-state index contributed by atoms with van der Waals surface area (Å²) in [4.78, 5) is 23.4. The predicted molar refractivity (Wildman–Crippen MR) is 139 cm³/mol. The number of carbonyl (C=O) groups is 1. The van der Waals surface area contributed by atoms with Gasteiger partial charge in [-0.25, -0.2) is 4.98 Å². The first-order valence-electron chi connectivity index (χ1n) is 11.7. The third kappa shape index (κ3) is 5.28. The number of nitriles is 1. The first-order valence-corrected chi connectivity index (χ1v) is 12.1. The summed E-state index contributed by atoms with van der Waals surface area (Å²) in [6.45, 7) is 8.28. The fraction of sp³-hybridized carbons (Fsp3) is 0.310. The summed E-state index contributed by atoms with van der Waals surface area (Å²) < 4.78 is 0. The van der Waals surface area contributed by atoms with E-state index in [-0.39, 0.29) is 17.6 Å². The summed E-state index contributed by atoms with van der Waals surface area (Å²) in [5.74, 6) is 0.263. The molecule has 4 rings (SSSR count). The lowest BCUT2D eigenvalue weighted by molar-refractivity contribution is -0.0384. The van der Waals surface area contributed by atoms with E-state index in [2.05, 4.69) is 37.0 Å². The topological polar surface area (TPSA) is 75.3 Å². The second-order valence-electron chi connectivity index (χ2n) is 9.67. The lowest BCUT2D eigenvalue weighted by atomic mass is 9.85. The molecule has 6 heteroatoms. The molecule has 178 valence electrons. The van der Waals surface area contributed by atoms with Crippen molar-refractivity contribution >= 4 is 23.1 Å². The lowest BCUT2D eigenvalue weighted by Gasteiger charge is -2.25. The number of hydrogen-bond donors (Lipinski definition) is 0. The average molecular weight is 486 g/mol. The van der Waals surface area contributed by atoms with E-state index in [1.165, 1.54) is 0 Å². The highest BCUT2D eigenvalue weighted by atomic mass is 35.5. The third-order valence-electron chi connectivity index (χ3n) is 6.86. The second kappa shape index (κ2) is 10.0. The molecule has 0 saturated carbocycles. The zero-order valence-corrected chi connectivity index (χ0v) is 21.1. The zero-order valence-electron chi connectivity index (χ0n) is 20.4. The maximum Gasteiger partial charge on any atom is 0.163 e. The summed E-state index contributed by atoms with van der Waals surface area (Å²) in [5, 5.41) is 14.5. The summed E-state index contributed by atoms with van der Waals surface area (Å²) in [6, 6.07) is 19.1. The number of pyridine rings is 1. The van der Waals surface area contributed by atoms with E-state index in [1.807, 2.05) is 49.4 Å². The molecule has 1 aromatic heterocycles. The van der Waals surface area contributed by atoms with E-state index in [0.717, 1.165) is 28.0 Å². The summed E-state index contributed by atoms with van der Waals surface area (Å²) >= 11 is 5.92. The van der Waals surface area contributed by atoms with Gasteiger partial charge in [-0.2, -0.15) is 5.26 Å². The monoisotopic (exact) mass is 485 g/mol. The molecule has 5 nitrogen and oxygen atoms in total. The van der Waals surface area contributed by atoms with Crippen LogP contribution in [0.3, 0.4) is 0 Å². The van der Waals surface area contributed by atoms with E-state index in [0.29, 0.717) is 29.1 Å². The molecule has 0 fully saturated rings. The predicted octanol–water partition coefficient (Wildman–Crippen LogP) is 7.19. The van der Waals surface area contributed by atoms with Crippen LogP contribution in [0.5, 0.6) is 0 Å². The molecule has 0 saturated heterocycles. The van der Waals surface area contributed by atoms with Crippen molar-refractivity contribution in [2.75, 3.05) is 0 Å². The number of benzene rings is 2. The Hall–Kier alpha value is -3.49. The smallest absolute Gasteiger partial charge is 0.163 e. The van der Waals surface area contributed by atoms with Crippen LogP contribution in [0.4, 0.5) is 0 Å². The molecule has 3 aromatic rings. The number of rotatable bonds is 7. The number of aromatic nitrogens is 1. The highest BCUT2D eigenvalue weighted by molar-refractivity contribution is 6.29. The standard InChI is InChI=1S/C29H28ClN3O2/c1-18(2)29(4)15-26(33-35-29)23-12-22(25-8-6-5-7-20(25)16-31)13-24(14-23)27(34)11-19(3)21-9-10-28(30)32-17-21/h5-10,12-14,17-19H,11,15H2,1-4H3. The molecular formula is C29H28ClN3O2. The van der Waals surface area contributed by atoms with E-state index < -0.39 is 5.60 Å². The van der Waals surface area contributed by atoms with Crippen LogP contribution in [-0.2, 0) is 4.84 Å². The largest absolute Gasteiger partial charge is 0.389 e. The average Bonchev–Trinajstić information content (AvgIpc) is 3.27. The maximum absolute atomic E-state index is 13.5. The van der Waals surface area contributed by atoms with Crippen molar-refractivity contribution in [1.82, 2.24) is 4.98 Å². The van der Waals surface area contributed by atoms with Crippen LogP contribution in [0.25, 0.3) is 11.1 Å². The van der Waals surface area contributed by atoms with Crippen molar-refractivity contribution in [3.8, 4) is 17.2 Å². The molecule has 0 N–H and O–H groups in total. The van der Waals surface area contributed by atoms with Crippen molar-refractivity contribution < 1.29 is 9.63 Å². The van der Waals surface area contributed by atoms with Crippen LogP contribution in [0.2, 0.25) is 5.15 Å². The van der Waals surface area contributed by atoms with Gasteiger partial charge in [-0.3, -0.25) is 4.79 Å². The Morgan fingerprint density at radius 1 is 1.14 bits per heavy atom. The van der Waals surface area contributed by atoms with Crippen LogP contribution < -0.4 is 0 Å². The molecule has 2 heterocycles. The number of ketones is 1. The first-order chi connectivity index (χ1) is 16.7. The summed E-state index contributed by atoms with van der Waals surface area (Å²) in [5.41, 5.74) is 4.94. The Kier molecular flexibility index (Phi) is 7.05. The van der Waals surface area contributed by atoms with Gasteiger partial charge in [-0.15, -0.1) is 0 Å². The molecule has 1 aliphatic heterocycles. The van der Waals surface area contributed by atoms with Crippen LogP contribution in [0.15, 0.2) is 65.9 Å². The highest BCUT2D eigenvalue weighted by Gasteiger charge is 2.38. The molecule has 0 aliphatic carbocycles. The number of oxime groups is 1. The van der Waals surface area contributed by atoms with Gasteiger partial charge >= 0.3 is 0 Å². The van der Waals surface area contributed by atoms with Gasteiger partial charge in [-0.05, 0) is 65.8 Å².